The molecule has 4 nitrogen and oxygen atoms in total. The van der Waals surface area contributed by atoms with Gasteiger partial charge in [0.05, 0.1) is 0 Å². The molecule has 1 aromatic carbocycles. The minimum absolute atomic E-state index is 0.0699. The van der Waals surface area contributed by atoms with Gasteiger partial charge in [0.1, 0.15) is 5.75 Å². The number of likely N-dealkylation sites (tertiary alicyclic amines) is 1. The molecule has 0 saturated carbocycles. The maximum absolute atomic E-state index is 12.1. The molecule has 0 radical (unpaired) electrons. The van der Waals surface area contributed by atoms with Crippen LogP contribution in [0.15, 0.2) is 24.3 Å². The Morgan fingerprint density at radius 2 is 2.15 bits per heavy atom. The van der Waals surface area contributed by atoms with Gasteiger partial charge in [0.2, 0.25) is 0 Å². The van der Waals surface area contributed by atoms with Crippen molar-refractivity contribution >= 4 is 17.5 Å². The molecule has 1 aromatic rings. The first-order chi connectivity index (χ1) is 9.54. The van der Waals surface area contributed by atoms with Gasteiger partial charge in [-0.05, 0) is 58.1 Å². The minimum atomic E-state index is -0.520. The van der Waals surface area contributed by atoms with Crippen molar-refractivity contribution in [1.29, 1.82) is 0 Å². The quantitative estimate of drug-likeness (QED) is 0.927. The van der Waals surface area contributed by atoms with E-state index in [4.69, 9.17) is 16.3 Å². The van der Waals surface area contributed by atoms with E-state index in [1.165, 1.54) is 0 Å². The summed E-state index contributed by atoms with van der Waals surface area (Å²) < 4.78 is 5.61. The highest BCUT2D eigenvalue weighted by atomic mass is 35.5. The molecule has 2 rings (SSSR count). The van der Waals surface area contributed by atoms with Crippen LogP contribution < -0.4 is 10.1 Å². The molecule has 1 heterocycles. The summed E-state index contributed by atoms with van der Waals surface area (Å²) in [6.07, 6.45) is 1.46. The van der Waals surface area contributed by atoms with E-state index in [0.29, 0.717) is 10.8 Å². The van der Waals surface area contributed by atoms with Gasteiger partial charge in [0, 0.05) is 11.1 Å². The van der Waals surface area contributed by atoms with Crippen LogP contribution in [-0.4, -0.2) is 43.1 Å². The maximum Gasteiger partial charge on any atom is 0.260 e. The van der Waals surface area contributed by atoms with Crippen LogP contribution in [0.4, 0.5) is 0 Å². The Morgan fingerprint density at radius 3 is 2.80 bits per heavy atom. The van der Waals surface area contributed by atoms with E-state index in [1.807, 2.05) is 0 Å². The lowest BCUT2D eigenvalue weighted by atomic mass is 10.1. The average Bonchev–Trinajstić information content (AvgIpc) is 2.41. The number of halogens is 1. The van der Waals surface area contributed by atoms with Crippen molar-refractivity contribution in [3.05, 3.63) is 29.3 Å². The molecular formula is C15H21ClN2O2. The number of benzene rings is 1. The number of hydrogen-bond donors (Lipinski definition) is 1. The van der Waals surface area contributed by atoms with Crippen LogP contribution in [0.5, 0.6) is 5.75 Å². The van der Waals surface area contributed by atoms with E-state index in [0.717, 1.165) is 25.9 Å². The number of carbonyl (C=O) groups is 1. The molecule has 1 aliphatic rings. The van der Waals surface area contributed by atoms with Gasteiger partial charge in [-0.15, -0.1) is 0 Å². The van der Waals surface area contributed by atoms with Crippen molar-refractivity contribution < 1.29 is 9.53 Å². The zero-order valence-corrected chi connectivity index (χ0v) is 12.7. The van der Waals surface area contributed by atoms with Gasteiger partial charge in [0.15, 0.2) is 6.10 Å². The van der Waals surface area contributed by atoms with Crippen LogP contribution >= 0.6 is 11.6 Å². The van der Waals surface area contributed by atoms with Crippen LogP contribution in [0.25, 0.3) is 0 Å². The first kappa shape index (κ1) is 15.1. The average molecular weight is 297 g/mol. The highest BCUT2D eigenvalue weighted by Crippen LogP contribution is 2.18. The second kappa shape index (κ2) is 6.95. The highest BCUT2D eigenvalue weighted by molar-refractivity contribution is 6.30. The Kier molecular flexibility index (Phi) is 5.26. The number of rotatable bonds is 4. The van der Waals surface area contributed by atoms with Crippen molar-refractivity contribution in [2.45, 2.75) is 31.9 Å². The monoisotopic (exact) mass is 296 g/mol. The summed E-state index contributed by atoms with van der Waals surface area (Å²) in [5.74, 6) is 0.544. The van der Waals surface area contributed by atoms with Gasteiger partial charge in [0.25, 0.3) is 5.91 Å². The third kappa shape index (κ3) is 4.39. The van der Waals surface area contributed by atoms with Crippen LogP contribution in [0.2, 0.25) is 5.02 Å². The summed E-state index contributed by atoms with van der Waals surface area (Å²) in [5, 5.41) is 3.65. The summed E-state index contributed by atoms with van der Waals surface area (Å²) in [6, 6.07) is 7.34. The van der Waals surface area contributed by atoms with Crippen LogP contribution in [-0.2, 0) is 4.79 Å². The maximum atomic E-state index is 12.1. The predicted molar refractivity (Wildman–Crippen MR) is 80.2 cm³/mol. The molecule has 1 amide bonds. The van der Waals surface area contributed by atoms with Gasteiger partial charge in [-0.3, -0.25) is 4.79 Å². The number of carbonyl (C=O) groups excluding carboxylic acids is 1. The molecule has 0 bridgehead atoms. The van der Waals surface area contributed by atoms with E-state index in [2.05, 4.69) is 17.3 Å². The fourth-order valence-corrected chi connectivity index (χ4v) is 2.45. The van der Waals surface area contributed by atoms with Crippen LogP contribution in [0.3, 0.4) is 0 Å². The fraction of sp³-hybridized carbons (Fsp3) is 0.533. The number of hydrogen-bond acceptors (Lipinski definition) is 3. The molecule has 1 atom stereocenters. The van der Waals surface area contributed by atoms with Crippen molar-refractivity contribution in [3.8, 4) is 5.75 Å². The molecule has 0 aliphatic carbocycles. The van der Waals surface area contributed by atoms with E-state index < -0.39 is 6.10 Å². The Balaban J connectivity index is 1.83. The molecule has 1 aliphatic heterocycles. The zero-order valence-electron chi connectivity index (χ0n) is 11.9. The van der Waals surface area contributed by atoms with Crippen molar-refractivity contribution in [3.63, 3.8) is 0 Å². The second-order valence-electron chi connectivity index (χ2n) is 5.30. The van der Waals surface area contributed by atoms with E-state index >= 15 is 0 Å². The van der Waals surface area contributed by atoms with Crippen LogP contribution in [0, 0.1) is 0 Å². The number of ether oxygens (including phenoxy) is 1. The van der Waals surface area contributed by atoms with Gasteiger partial charge in [-0.25, -0.2) is 0 Å². The van der Waals surface area contributed by atoms with Gasteiger partial charge in [-0.2, -0.15) is 0 Å². The third-order valence-electron chi connectivity index (χ3n) is 3.54. The molecule has 1 saturated heterocycles. The second-order valence-corrected chi connectivity index (χ2v) is 5.74. The zero-order chi connectivity index (χ0) is 14.5. The van der Waals surface area contributed by atoms with E-state index in [9.17, 15) is 4.79 Å². The standard InChI is InChI=1S/C15H21ClN2O2/c1-11(20-14-5-3-4-12(16)10-14)15(19)17-13-6-8-18(2)9-7-13/h3-5,10-11,13H,6-9H2,1-2H3,(H,17,19). The Hall–Kier alpha value is -1.26. The SMILES string of the molecule is CC(Oc1cccc(Cl)c1)C(=O)NC1CCN(C)CC1. The molecule has 0 aromatic heterocycles. The van der Waals surface area contributed by atoms with Gasteiger partial charge < -0.3 is 15.0 Å². The first-order valence-corrected chi connectivity index (χ1v) is 7.33. The summed E-state index contributed by atoms with van der Waals surface area (Å²) in [7, 11) is 2.10. The molecule has 1 N–H and O–H groups in total. The lowest BCUT2D eigenvalue weighted by Crippen LogP contribution is -2.47. The summed E-state index contributed by atoms with van der Waals surface area (Å²) >= 11 is 5.89. The van der Waals surface area contributed by atoms with Crippen molar-refractivity contribution in [2.24, 2.45) is 0 Å². The highest BCUT2D eigenvalue weighted by Gasteiger charge is 2.22. The normalized spacial score (nSPS) is 18.6. The first-order valence-electron chi connectivity index (χ1n) is 6.96. The molecule has 1 unspecified atom stereocenters. The smallest absolute Gasteiger partial charge is 0.260 e. The topological polar surface area (TPSA) is 41.6 Å². The van der Waals surface area contributed by atoms with Gasteiger partial charge in [-0.1, -0.05) is 17.7 Å². The molecule has 110 valence electrons. The van der Waals surface area contributed by atoms with Gasteiger partial charge >= 0.3 is 0 Å². The molecule has 20 heavy (non-hydrogen) atoms. The molecule has 5 heteroatoms. The Morgan fingerprint density at radius 1 is 1.45 bits per heavy atom. The summed E-state index contributed by atoms with van der Waals surface area (Å²) in [4.78, 5) is 14.4. The lowest BCUT2D eigenvalue weighted by Gasteiger charge is -2.30. The Bertz CT molecular complexity index is 459. The molecular weight excluding hydrogens is 276 g/mol. The minimum Gasteiger partial charge on any atom is -0.481 e. The third-order valence-corrected chi connectivity index (χ3v) is 3.78. The number of amides is 1. The number of piperidine rings is 1. The molecule has 0 spiro atoms. The summed E-state index contributed by atoms with van der Waals surface area (Å²) in [5.41, 5.74) is 0. The largest absolute Gasteiger partial charge is 0.481 e. The molecule has 1 fully saturated rings. The van der Waals surface area contributed by atoms with E-state index in [1.54, 1.807) is 31.2 Å². The number of nitrogens with zero attached hydrogens (tertiary/aromatic N) is 1. The van der Waals surface area contributed by atoms with Crippen molar-refractivity contribution in [1.82, 2.24) is 10.2 Å². The van der Waals surface area contributed by atoms with Crippen molar-refractivity contribution in [2.75, 3.05) is 20.1 Å². The fourth-order valence-electron chi connectivity index (χ4n) is 2.27. The lowest BCUT2D eigenvalue weighted by molar-refractivity contribution is -0.128. The Labute approximate surface area is 125 Å². The predicted octanol–water partition coefficient (Wildman–Crippen LogP) is 2.32. The number of nitrogens with one attached hydrogen (secondary N) is 1. The van der Waals surface area contributed by atoms with E-state index in [-0.39, 0.29) is 11.9 Å². The summed E-state index contributed by atoms with van der Waals surface area (Å²) in [6.45, 7) is 3.80. The van der Waals surface area contributed by atoms with Crippen LogP contribution in [0.1, 0.15) is 19.8 Å².